The van der Waals surface area contributed by atoms with Gasteiger partial charge in [0.1, 0.15) is 0 Å². The SMILES string of the molecule is CN1CCCC(N(C)C(=O)c2cnccc2NN)C1. The van der Waals surface area contributed by atoms with E-state index in [4.69, 9.17) is 5.84 Å². The molecule has 1 aliphatic rings. The van der Waals surface area contributed by atoms with Crippen molar-refractivity contribution in [3.8, 4) is 0 Å². The summed E-state index contributed by atoms with van der Waals surface area (Å²) in [5, 5.41) is 0. The predicted octanol–water partition coefficient (Wildman–Crippen LogP) is 0.533. The normalized spacial score (nSPS) is 20.1. The maximum absolute atomic E-state index is 12.5. The lowest BCUT2D eigenvalue weighted by molar-refractivity contribution is 0.0644. The summed E-state index contributed by atoms with van der Waals surface area (Å²) in [5.74, 6) is 5.39. The van der Waals surface area contributed by atoms with Crippen LogP contribution in [0.3, 0.4) is 0 Å². The van der Waals surface area contributed by atoms with Gasteiger partial charge < -0.3 is 15.2 Å². The van der Waals surface area contributed by atoms with E-state index < -0.39 is 0 Å². The molecule has 2 rings (SSSR count). The highest BCUT2D eigenvalue weighted by Crippen LogP contribution is 2.19. The maximum atomic E-state index is 12.5. The minimum absolute atomic E-state index is 0.0404. The Morgan fingerprint density at radius 1 is 1.63 bits per heavy atom. The summed E-state index contributed by atoms with van der Waals surface area (Å²) in [7, 11) is 3.93. The number of likely N-dealkylation sites (tertiary alicyclic amines) is 1. The van der Waals surface area contributed by atoms with Crippen molar-refractivity contribution in [2.75, 3.05) is 32.6 Å². The summed E-state index contributed by atoms with van der Waals surface area (Å²) >= 11 is 0. The maximum Gasteiger partial charge on any atom is 0.257 e. The molecule has 1 unspecified atom stereocenters. The molecule has 6 nitrogen and oxygen atoms in total. The van der Waals surface area contributed by atoms with Crippen LogP contribution in [-0.2, 0) is 0 Å². The summed E-state index contributed by atoms with van der Waals surface area (Å²) in [6.07, 6.45) is 5.33. The third kappa shape index (κ3) is 3.02. The lowest BCUT2D eigenvalue weighted by Crippen LogP contribution is -2.47. The molecule has 19 heavy (non-hydrogen) atoms. The summed E-state index contributed by atoms with van der Waals surface area (Å²) in [4.78, 5) is 20.6. The van der Waals surface area contributed by atoms with Crippen LogP contribution in [0.1, 0.15) is 23.2 Å². The first kappa shape index (κ1) is 13.8. The molecule has 0 aliphatic carbocycles. The van der Waals surface area contributed by atoms with E-state index in [0.717, 1.165) is 25.9 Å². The molecule has 1 aromatic rings. The number of hydrazine groups is 1. The van der Waals surface area contributed by atoms with Crippen LogP contribution in [0.15, 0.2) is 18.5 Å². The number of carbonyl (C=O) groups is 1. The molecule has 1 atom stereocenters. The molecule has 1 fully saturated rings. The lowest BCUT2D eigenvalue weighted by Gasteiger charge is -2.36. The van der Waals surface area contributed by atoms with Gasteiger partial charge in [-0.2, -0.15) is 0 Å². The Balaban J connectivity index is 2.14. The second-order valence-electron chi connectivity index (χ2n) is 5.04. The molecule has 0 bridgehead atoms. The van der Waals surface area contributed by atoms with Gasteiger partial charge in [0.2, 0.25) is 0 Å². The number of aromatic nitrogens is 1. The van der Waals surface area contributed by atoms with Crippen LogP contribution in [0.25, 0.3) is 0 Å². The van der Waals surface area contributed by atoms with Crippen molar-refractivity contribution in [3.63, 3.8) is 0 Å². The molecule has 0 saturated carbocycles. The molecular weight excluding hydrogens is 242 g/mol. The number of likely N-dealkylation sites (N-methyl/N-ethyl adjacent to an activating group) is 2. The molecule has 1 saturated heterocycles. The third-order valence-corrected chi connectivity index (χ3v) is 3.67. The van der Waals surface area contributed by atoms with E-state index >= 15 is 0 Å². The summed E-state index contributed by atoms with van der Waals surface area (Å²) in [6.45, 7) is 2.01. The van der Waals surface area contributed by atoms with E-state index in [1.165, 1.54) is 0 Å². The van der Waals surface area contributed by atoms with E-state index in [1.807, 2.05) is 7.05 Å². The summed E-state index contributed by atoms with van der Waals surface area (Å²) in [5.41, 5.74) is 3.67. The van der Waals surface area contributed by atoms with Crippen LogP contribution in [0.5, 0.6) is 0 Å². The fourth-order valence-corrected chi connectivity index (χ4v) is 2.50. The van der Waals surface area contributed by atoms with Crippen molar-refractivity contribution in [3.05, 3.63) is 24.0 Å². The van der Waals surface area contributed by atoms with Gasteiger partial charge in [0, 0.05) is 32.0 Å². The summed E-state index contributed by atoms with van der Waals surface area (Å²) in [6, 6.07) is 1.95. The van der Waals surface area contributed by atoms with E-state index in [-0.39, 0.29) is 11.9 Å². The van der Waals surface area contributed by atoms with Crippen molar-refractivity contribution < 1.29 is 4.79 Å². The first-order valence-corrected chi connectivity index (χ1v) is 6.50. The Morgan fingerprint density at radius 3 is 3.11 bits per heavy atom. The number of nitrogens with one attached hydrogen (secondary N) is 1. The number of pyridine rings is 1. The van der Waals surface area contributed by atoms with Gasteiger partial charge in [-0.25, -0.2) is 0 Å². The molecule has 104 valence electrons. The van der Waals surface area contributed by atoms with Crippen molar-refractivity contribution in [2.24, 2.45) is 5.84 Å². The van der Waals surface area contributed by atoms with Crippen molar-refractivity contribution in [2.45, 2.75) is 18.9 Å². The molecular formula is C13H21N5O. The standard InChI is InChI=1S/C13H21N5O/c1-17-7-3-4-10(9-17)18(2)13(19)11-8-15-6-5-12(11)16-14/h5-6,8,10H,3-4,7,9,14H2,1-2H3,(H,15,16). The van der Waals surface area contributed by atoms with E-state index in [1.54, 1.807) is 23.4 Å². The van der Waals surface area contributed by atoms with Gasteiger partial charge in [0.05, 0.1) is 11.3 Å². The number of nitrogen functional groups attached to an aromatic ring is 1. The number of hydrogen-bond donors (Lipinski definition) is 2. The fourth-order valence-electron chi connectivity index (χ4n) is 2.50. The van der Waals surface area contributed by atoms with Gasteiger partial charge in [-0.1, -0.05) is 0 Å². The Labute approximate surface area is 113 Å². The zero-order valence-electron chi connectivity index (χ0n) is 11.5. The average Bonchev–Trinajstić information content (AvgIpc) is 2.45. The molecule has 0 aromatic carbocycles. The van der Waals surface area contributed by atoms with Crippen LogP contribution < -0.4 is 11.3 Å². The number of rotatable bonds is 3. The first-order chi connectivity index (χ1) is 9.13. The second kappa shape index (κ2) is 5.99. The minimum Gasteiger partial charge on any atom is -0.337 e. The van der Waals surface area contributed by atoms with Crippen LogP contribution in [-0.4, -0.2) is 53.9 Å². The van der Waals surface area contributed by atoms with Gasteiger partial charge in [0.25, 0.3) is 5.91 Å². The van der Waals surface area contributed by atoms with Gasteiger partial charge in [-0.15, -0.1) is 0 Å². The van der Waals surface area contributed by atoms with E-state index in [2.05, 4.69) is 22.4 Å². The van der Waals surface area contributed by atoms with Crippen LogP contribution in [0.4, 0.5) is 5.69 Å². The van der Waals surface area contributed by atoms with Crippen LogP contribution >= 0.6 is 0 Å². The largest absolute Gasteiger partial charge is 0.337 e. The molecule has 2 heterocycles. The van der Waals surface area contributed by atoms with E-state index in [0.29, 0.717) is 11.3 Å². The smallest absolute Gasteiger partial charge is 0.257 e. The van der Waals surface area contributed by atoms with E-state index in [9.17, 15) is 4.79 Å². The number of nitrogens with zero attached hydrogens (tertiary/aromatic N) is 3. The Kier molecular flexibility index (Phi) is 4.34. The molecule has 0 radical (unpaired) electrons. The lowest BCUT2D eigenvalue weighted by atomic mass is 10.0. The summed E-state index contributed by atoms with van der Waals surface area (Å²) < 4.78 is 0. The van der Waals surface area contributed by atoms with Crippen LogP contribution in [0, 0.1) is 0 Å². The zero-order valence-corrected chi connectivity index (χ0v) is 11.5. The molecule has 0 spiro atoms. The third-order valence-electron chi connectivity index (χ3n) is 3.67. The van der Waals surface area contributed by atoms with Crippen molar-refractivity contribution in [1.82, 2.24) is 14.8 Å². The predicted molar refractivity (Wildman–Crippen MR) is 74.7 cm³/mol. The number of hydrogen-bond acceptors (Lipinski definition) is 5. The number of piperidine rings is 1. The topological polar surface area (TPSA) is 74.5 Å². The minimum atomic E-state index is -0.0404. The first-order valence-electron chi connectivity index (χ1n) is 6.50. The highest BCUT2D eigenvalue weighted by atomic mass is 16.2. The van der Waals surface area contributed by atoms with Gasteiger partial charge in [-0.3, -0.25) is 15.6 Å². The molecule has 1 amide bonds. The fraction of sp³-hybridized carbons (Fsp3) is 0.538. The van der Waals surface area contributed by atoms with Gasteiger partial charge in [0.15, 0.2) is 0 Å². The molecule has 3 N–H and O–H groups in total. The van der Waals surface area contributed by atoms with Crippen molar-refractivity contribution in [1.29, 1.82) is 0 Å². The Bertz CT molecular complexity index is 450. The zero-order chi connectivity index (χ0) is 13.8. The average molecular weight is 263 g/mol. The van der Waals surface area contributed by atoms with Gasteiger partial charge >= 0.3 is 0 Å². The number of anilines is 1. The number of nitrogens with two attached hydrogens (primary N) is 1. The molecule has 1 aliphatic heterocycles. The highest BCUT2D eigenvalue weighted by molar-refractivity contribution is 5.99. The highest BCUT2D eigenvalue weighted by Gasteiger charge is 2.26. The van der Waals surface area contributed by atoms with Gasteiger partial charge in [-0.05, 0) is 32.5 Å². The van der Waals surface area contributed by atoms with Crippen LogP contribution in [0.2, 0.25) is 0 Å². The second-order valence-corrected chi connectivity index (χ2v) is 5.04. The quantitative estimate of drug-likeness (QED) is 0.615. The molecule has 6 heteroatoms. The number of carbonyl (C=O) groups excluding carboxylic acids is 1. The monoisotopic (exact) mass is 263 g/mol. The number of amides is 1. The van der Waals surface area contributed by atoms with Crippen molar-refractivity contribution >= 4 is 11.6 Å². The molecule has 1 aromatic heterocycles. The Morgan fingerprint density at radius 2 is 2.42 bits per heavy atom. The Hall–Kier alpha value is -1.66.